The standard InChI is InChI=1S/C27H38F17N2O4P/c1-2-3-4-5-6-7-8-9-19(18-50-51(47,45-10-14-48-15-11-45)46-12-16-49-17-13-46)20(28,29)21(30,31)22(32,33)23(34,35)24(36,37)25(38,39)26(40,41)27(42,43)44/h19H,2-18H2,1H3. The van der Waals surface area contributed by atoms with E-state index in [1.165, 1.54) is 0 Å². The van der Waals surface area contributed by atoms with Crippen LogP contribution in [0.1, 0.15) is 58.3 Å². The first kappa shape index (κ1) is 46.0. The van der Waals surface area contributed by atoms with E-state index < -0.39 is 80.7 Å². The van der Waals surface area contributed by atoms with Gasteiger partial charge < -0.3 is 14.0 Å². The number of alkyl halides is 17. The molecular formula is C27H38F17N2O4P. The van der Waals surface area contributed by atoms with E-state index >= 15 is 17.6 Å². The molecule has 2 fully saturated rings. The Kier molecular flexibility index (Phi) is 15.1. The summed E-state index contributed by atoms with van der Waals surface area (Å²) >= 11 is 0. The van der Waals surface area contributed by atoms with Gasteiger partial charge in [0.2, 0.25) is 0 Å². The Labute approximate surface area is 281 Å². The van der Waals surface area contributed by atoms with Crippen LogP contribution in [0.5, 0.6) is 0 Å². The monoisotopic (exact) mass is 808 g/mol. The van der Waals surface area contributed by atoms with Crippen molar-refractivity contribution < 1.29 is 93.2 Å². The second-order valence-corrected chi connectivity index (χ2v) is 14.5. The van der Waals surface area contributed by atoms with Crippen molar-refractivity contribution in [2.75, 3.05) is 59.2 Å². The predicted molar refractivity (Wildman–Crippen MR) is 145 cm³/mol. The van der Waals surface area contributed by atoms with Crippen LogP contribution in [0.2, 0.25) is 0 Å². The molecular weight excluding hydrogens is 770 g/mol. The van der Waals surface area contributed by atoms with Gasteiger partial charge in [-0.05, 0) is 6.42 Å². The van der Waals surface area contributed by atoms with Crippen molar-refractivity contribution in [2.24, 2.45) is 5.92 Å². The summed E-state index contributed by atoms with van der Waals surface area (Å²) < 4.78 is 271. The zero-order chi connectivity index (χ0) is 39.4. The van der Waals surface area contributed by atoms with E-state index in [0.717, 1.165) is 22.2 Å². The van der Waals surface area contributed by atoms with E-state index in [2.05, 4.69) is 0 Å². The lowest BCUT2D eigenvalue weighted by molar-refractivity contribution is -0.463. The van der Waals surface area contributed by atoms with Crippen LogP contribution in [0.25, 0.3) is 0 Å². The molecule has 0 radical (unpaired) electrons. The third-order valence-corrected chi connectivity index (χ3v) is 11.3. The van der Waals surface area contributed by atoms with Gasteiger partial charge in [0.25, 0.3) is 0 Å². The predicted octanol–water partition coefficient (Wildman–Crippen LogP) is 9.54. The van der Waals surface area contributed by atoms with Crippen LogP contribution in [-0.4, -0.2) is 116 Å². The fraction of sp³-hybridized carbons (Fsp3) is 1.00. The number of unbranched alkanes of at least 4 members (excludes halogenated alkanes) is 6. The molecule has 0 N–H and O–H groups in total. The number of rotatable bonds is 20. The Hall–Kier alpha value is -1.16. The van der Waals surface area contributed by atoms with E-state index in [9.17, 15) is 61.6 Å². The molecule has 51 heavy (non-hydrogen) atoms. The summed E-state index contributed by atoms with van der Waals surface area (Å²) in [5, 5.41) is 0. The molecule has 2 heterocycles. The molecule has 0 aromatic carbocycles. The molecule has 24 heteroatoms. The molecule has 2 rings (SSSR count). The van der Waals surface area contributed by atoms with Crippen molar-refractivity contribution in [3.63, 3.8) is 0 Å². The minimum absolute atomic E-state index is 0.0736. The van der Waals surface area contributed by atoms with Gasteiger partial charge in [0.1, 0.15) is 0 Å². The quantitative estimate of drug-likeness (QED) is 0.0695. The van der Waals surface area contributed by atoms with Gasteiger partial charge in [-0.15, -0.1) is 0 Å². The Morgan fingerprint density at radius 3 is 1.29 bits per heavy atom. The number of nitrogens with zero attached hydrogens (tertiary/aromatic N) is 2. The van der Waals surface area contributed by atoms with Crippen molar-refractivity contribution in [3.8, 4) is 0 Å². The molecule has 0 aliphatic carbocycles. The summed E-state index contributed by atoms with van der Waals surface area (Å²) in [6, 6.07) is 0. The highest BCUT2D eigenvalue weighted by molar-refractivity contribution is 7.54. The van der Waals surface area contributed by atoms with Gasteiger partial charge in [-0.1, -0.05) is 51.9 Å². The first-order valence-corrected chi connectivity index (χ1v) is 17.3. The summed E-state index contributed by atoms with van der Waals surface area (Å²) in [5.74, 6) is -60.6. The van der Waals surface area contributed by atoms with Crippen LogP contribution in [0.4, 0.5) is 74.6 Å². The maximum atomic E-state index is 15.6. The fourth-order valence-corrected chi connectivity index (χ4v) is 7.69. The zero-order valence-corrected chi connectivity index (χ0v) is 27.9. The molecule has 1 atom stereocenters. The number of hydrogen-bond acceptors (Lipinski definition) is 4. The topological polar surface area (TPSA) is 51.2 Å². The minimum Gasteiger partial charge on any atom is -0.379 e. The first-order chi connectivity index (χ1) is 23.1. The average Bonchev–Trinajstić information content (AvgIpc) is 3.05. The van der Waals surface area contributed by atoms with E-state index in [-0.39, 0.29) is 65.4 Å². The maximum Gasteiger partial charge on any atom is 0.460 e. The number of morpholine rings is 2. The van der Waals surface area contributed by atoms with Gasteiger partial charge in [0.15, 0.2) is 0 Å². The average molecular weight is 809 g/mol. The SMILES string of the molecule is CCCCCCCCCC(COP(=O)(N1CCOCC1)N1CCOCC1)C(F)(F)C(F)(F)C(F)(F)C(F)(F)C(F)(F)C(F)(F)C(F)(F)C(F)(F)F. The fourth-order valence-electron chi connectivity index (χ4n) is 5.29. The van der Waals surface area contributed by atoms with Gasteiger partial charge in [-0.3, -0.25) is 4.57 Å². The molecule has 0 saturated carbocycles. The maximum absolute atomic E-state index is 15.6. The molecule has 6 nitrogen and oxygen atoms in total. The molecule has 0 aromatic heterocycles. The Balaban J connectivity index is 2.55. The Morgan fingerprint density at radius 1 is 0.549 bits per heavy atom. The van der Waals surface area contributed by atoms with Gasteiger partial charge in [-0.25, -0.2) is 9.34 Å². The molecule has 1 unspecified atom stereocenters. The molecule has 2 aliphatic heterocycles. The lowest BCUT2D eigenvalue weighted by Gasteiger charge is -2.45. The van der Waals surface area contributed by atoms with E-state index in [0.29, 0.717) is 12.8 Å². The van der Waals surface area contributed by atoms with E-state index in [1.807, 2.05) is 6.92 Å². The van der Waals surface area contributed by atoms with Gasteiger partial charge in [-0.2, -0.15) is 74.6 Å². The summed E-state index contributed by atoms with van der Waals surface area (Å²) in [4.78, 5) is 0. The lowest BCUT2D eigenvalue weighted by Crippen LogP contribution is -2.75. The molecule has 2 aliphatic rings. The summed E-state index contributed by atoms with van der Waals surface area (Å²) in [6.07, 6.45) is -6.93. The lowest BCUT2D eigenvalue weighted by atomic mass is 9.83. The van der Waals surface area contributed by atoms with Crippen LogP contribution < -0.4 is 0 Å². The minimum atomic E-state index is -8.71. The van der Waals surface area contributed by atoms with Crippen LogP contribution in [-0.2, 0) is 18.6 Å². The van der Waals surface area contributed by atoms with Crippen molar-refractivity contribution in [1.29, 1.82) is 0 Å². The summed E-state index contributed by atoms with van der Waals surface area (Å²) in [6.45, 7) is -1.34. The number of hydrogen-bond donors (Lipinski definition) is 0. The smallest absolute Gasteiger partial charge is 0.379 e. The van der Waals surface area contributed by atoms with Gasteiger partial charge in [0.05, 0.1) is 39.0 Å². The number of halogens is 17. The van der Waals surface area contributed by atoms with Crippen LogP contribution in [0.3, 0.4) is 0 Å². The van der Waals surface area contributed by atoms with Crippen LogP contribution >= 0.6 is 7.67 Å². The third-order valence-electron chi connectivity index (χ3n) is 8.55. The van der Waals surface area contributed by atoms with Crippen molar-refractivity contribution in [1.82, 2.24) is 9.34 Å². The third kappa shape index (κ3) is 8.72. The molecule has 0 bridgehead atoms. The summed E-state index contributed by atoms with van der Waals surface area (Å²) in [7, 11) is -4.58. The Morgan fingerprint density at radius 2 is 0.902 bits per heavy atom. The largest absolute Gasteiger partial charge is 0.460 e. The molecule has 304 valence electrons. The second-order valence-electron chi connectivity index (χ2n) is 12.1. The molecule has 0 amide bonds. The highest BCUT2D eigenvalue weighted by Crippen LogP contribution is 2.65. The Bertz CT molecular complexity index is 1120. The first-order valence-electron chi connectivity index (χ1n) is 15.7. The van der Waals surface area contributed by atoms with Crippen LogP contribution in [0, 0.1) is 5.92 Å². The highest BCUT2D eigenvalue weighted by Gasteiger charge is 2.95. The van der Waals surface area contributed by atoms with Crippen molar-refractivity contribution in [3.05, 3.63) is 0 Å². The molecule has 2 saturated heterocycles. The second kappa shape index (κ2) is 16.7. The van der Waals surface area contributed by atoms with Crippen molar-refractivity contribution in [2.45, 2.75) is 106 Å². The zero-order valence-electron chi connectivity index (χ0n) is 27.0. The van der Waals surface area contributed by atoms with Gasteiger partial charge >= 0.3 is 55.3 Å². The van der Waals surface area contributed by atoms with Gasteiger partial charge in [0, 0.05) is 26.2 Å². The summed E-state index contributed by atoms with van der Waals surface area (Å²) in [5.41, 5.74) is 0. The molecule has 0 aromatic rings. The molecule has 0 spiro atoms. The van der Waals surface area contributed by atoms with E-state index in [4.69, 9.17) is 14.0 Å². The van der Waals surface area contributed by atoms with E-state index in [1.54, 1.807) is 0 Å². The number of ether oxygens (including phenoxy) is 2. The van der Waals surface area contributed by atoms with Crippen molar-refractivity contribution >= 4 is 7.67 Å². The van der Waals surface area contributed by atoms with Crippen LogP contribution in [0.15, 0.2) is 0 Å². The normalized spacial score (nSPS) is 19.8. The highest BCUT2D eigenvalue weighted by atomic mass is 31.2.